The van der Waals surface area contributed by atoms with E-state index in [9.17, 15) is 0 Å². The van der Waals surface area contributed by atoms with E-state index in [-0.39, 0.29) is 0 Å². The molecule has 108 valence electrons. The van der Waals surface area contributed by atoms with Gasteiger partial charge in [-0.1, -0.05) is 18.5 Å². The van der Waals surface area contributed by atoms with Gasteiger partial charge in [0.25, 0.3) is 0 Å². The average Bonchev–Trinajstić information content (AvgIpc) is 2.80. The summed E-state index contributed by atoms with van der Waals surface area (Å²) >= 11 is 9.50. The first-order valence-electron chi connectivity index (χ1n) is 6.81. The summed E-state index contributed by atoms with van der Waals surface area (Å²) in [5, 5.41) is 0.700. The molecule has 3 rings (SSSR count). The number of hydrogen-bond acceptors (Lipinski definition) is 2. The van der Waals surface area contributed by atoms with Crippen molar-refractivity contribution in [1.29, 1.82) is 0 Å². The number of aryl methyl sites for hydroxylation is 1. The first-order chi connectivity index (χ1) is 10.1. The predicted molar refractivity (Wildman–Crippen MR) is 92.6 cm³/mol. The Morgan fingerprint density at radius 1 is 1.24 bits per heavy atom. The fourth-order valence-electron chi connectivity index (χ4n) is 2.46. The summed E-state index contributed by atoms with van der Waals surface area (Å²) in [6, 6.07) is 11.7. The molecule has 0 unspecified atom stereocenters. The Balaban J connectivity index is 2.24. The summed E-state index contributed by atoms with van der Waals surface area (Å²) in [6.07, 6.45) is 1.03. The average molecular weight is 365 g/mol. The summed E-state index contributed by atoms with van der Waals surface area (Å²) in [5.41, 5.74) is 9.72. The number of nitrogens with two attached hydrogens (primary N) is 1. The number of benzene rings is 2. The first kappa shape index (κ1) is 14.4. The van der Waals surface area contributed by atoms with Crippen LogP contribution in [0.25, 0.3) is 22.4 Å². The molecule has 0 radical (unpaired) electrons. The number of aromatic nitrogens is 2. The molecule has 0 fully saturated rings. The van der Waals surface area contributed by atoms with E-state index < -0.39 is 0 Å². The van der Waals surface area contributed by atoms with Gasteiger partial charge in [-0.25, -0.2) is 4.98 Å². The van der Waals surface area contributed by atoms with Crippen molar-refractivity contribution in [3.63, 3.8) is 0 Å². The van der Waals surface area contributed by atoms with E-state index in [4.69, 9.17) is 22.3 Å². The number of imidazole rings is 1. The molecule has 3 aromatic rings. The summed E-state index contributed by atoms with van der Waals surface area (Å²) in [7, 11) is 0. The normalized spacial score (nSPS) is 11.2. The van der Waals surface area contributed by atoms with Crippen LogP contribution in [0.3, 0.4) is 0 Å². The Bertz CT molecular complexity index is 811. The number of nitrogens with zero attached hydrogens (tertiary/aromatic N) is 2. The molecule has 0 aliphatic heterocycles. The zero-order valence-electron chi connectivity index (χ0n) is 11.6. The summed E-state index contributed by atoms with van der Waals surface area (Å²) in [4.78, 5) is 4.74. The summed E-state index contributed by atoms with van der Waals surface area (Å²) in [5.74, 6) is 0.924. The lowest BCUT2D eigenvalue weighted by Gasteiger charge is -2.09. The molecule has 0 amide bonds. The lowest BCUT2D eigenvalue weighted by molar-refractivity contribution is 0.704. The highest BCUT2D eigenvalue weighted by molar-refractivity contribution is 9.10. The lowest BCUT2D eigenvalue weighted by Crippen LogP contribution is -2.00. The number of nitrogen functional groups attached to an aromatic ring is 1. The molecule has 0 spiro atoms. The number of hydrogen-bond donors (Lipinski definition) is 1. The minimum atomic E-state index is 0.700. The summed E-state index contributed by atoms with van der Waals surface area (Å²) < 4.78 is 3.11. The molecular formula is C16H15BrClN3. The molecule has 21 heavy (non-hydrogen) atoms. The molecule has 1 heterocycles. The maximum Gasteiger partial charge on any atom is 0.141 e. The zero-order valence-corrected chi connectivity index (χ0v) is 13.9. The minimum absolute atomic E-state index is 0.700. The van der Waals surface area contributed by atoms with Crippen LogP contribution >= 0.6 is 27.5 Å². The van der Waals surface area contributed by atoms with Crippen LogP contribution in [0.2, 0.25) is 5.02 Å². The quantitative estimate of drug-likeness (QED) is 0.656. The predicted octanol–water partition coefficient (Wildman–Crippen LogP) is 5.11. The van der Waals surface area contributed by atoms with E-state index in [1.165, 1.54) is 0 Å². The molecule has 0 saturated heterocycles. The van der Waals surface area contributed by atoms with Crippen molar-refractivity contribution in [3.8, 4) is 11.4 Å². The lowest BCUT2D eigenvalue weighted by atomic mass is 10.2. The van der Waals surface area contributed by atoms with Gasteiger partial charge in [0.05, 0.1) is 11.0 Å². The fraction of sp³-hybridized carbons (Fsp3) is 0.188. The van der Waals surface area contributed by atoms with Crippen molar-refractivity contribution in [2.24, 2.45) is 0 Å². The molecule has 0 bridgehead atoms. The second-order valence-electron chi connectivity index (χ2n) is 4.96. The molecule has 1 aromatic heterocycles. The number of rotatable bonds is 3. The largest absolute Gasteiger partial charge is 0.398 e. The van der Waals surface area contributed by atoms with Crippen LogP contribution in [-0.4, -0.2) is 9.55 Å². The van der Waals surface area contributed by atoms with Gasteiger partial charge < -0.3 is 10.3 Å². The highest BCUT2D eigenvalue weighted by Gasteiger charge is 2.13. The standard InChI is InChI=1S/C16H15BrClN3/c1-2-7-21-15-6-4-11(18)9-14(15)20-16(21)10-3-5-12(17)13(19)8-10/h3-6,8-9H,2,7,19H2,1H3. The first-order valence-corrected chi connectivity index (χ1v) is 7.98. The Hall–Kier alpha value is -1.52. The van der Waals surface area contributed by atoms with Crippen molar-refractivity contribution in [1.82, 2.24) is 9.55 Å². The molecule has 0 aliphatic carbocycles. The second-order valence-corrected chi connectivity index (χ2v) is 6.25. The monoisotopic (exact) mass is 363 g/mol. The molecule has 2 N–H and O–H groups in total. The molecule has 2 aromatic carbocycles. The van der Waals surface area contributed by atoms with Crippen molar-refractivity contribution in [3.05, 3.63) is 45.9 Å². The van der Waals surface area contributed by atoms with Crippen LogP contribution in [0, 0.1) is 0 Å². The van der Waals surface area contributed by atoms with Gasteiger partial charge in [-0.3, -0.25) is 0 Å². The van der Waals surface area contributed by atoms with Gasteiger partial charge in [-0.05, 0) is 58.7 Å². The molecular weight excluding hydrogens is 350 g/mol. The van der Waals surface area contributed by atoms with Gasteiger partial charge in [-0.15, -0.1) is 0 Å². The van der Waals surface area contributed by atoms with E-state index in [2.05, 4.69) is 27.4 Å². The Labute approximate surface area is 136 Å². The van der Waals surface area contributed by atoms with Gasteiger partial charge in [0.15, 0.2) is 0 Å². The topological polar surface area (TPSA) is 43.8 Å². The van der Waals surface area contributed by atoms with Gasteiger partial charge in [0.1, 0.15) is 5.82 Å². The van der Waals surface area contributed by atoms with Gasteiger partial charge in [0.2, 0.25) is 0 Å². The van der Waals surface area contributed by atoms with Crippen LogP contribution in [0.15, 0.2) is 40.9 Å². The van der Waals surface area contributed by atoms with Crippen LogP contribution < -0.4 is 5.73 Å². The van der Waals surface area contributed by atoms with Crippen LogP contribution in [0.5, 0.6) is 0 Å². The third-order valence-electron chi connectivity index (χ3n) is 3.41. The Morgan fingerprint density at radius 3 is 2.76 bits per heavy atom. The highest BCUT2D eigenvalue weighted by atomic mass is 79.9. The second kappa shape index (κ2) is 5.70. The number of anilines is 1. The molecule has 0 atom stereocenters. The molecule has 3 nitrogen and oxygen atoms in total. The SMILES string of the molecule is CCCn1c(-c2ccc(Br)c(N)c2)nc2cc(Cl)ccc21. The van der Waals surface area contributed by atoms with E-state index in [0.29, 0.717) is 10.7 Å². The highest BCUT2D eigenvalue weighted by Crippen LogP contribution is 2.30. The van der Waals surface area contributed by atoms with E-state index >= 15 is 0 Å². The Kier molecular flexibility index (Phi) is 3.91. The zero-order chi connectivity index (χ0) is 15.0. The summed E-state index contributed by atoms with van der Waals surface area (Å²) in [6.45, 7) is 3.06. The van der Waals surface area contributed by atoms with Gasteiger partial charge in [0, 0.05) is 27.3 Å². The third kappa shape index (κ3) is 2.65. The third-order valence-corrected chi connectivity index (χ3v) is 4.37. The fourth-order valence-corrected chi connectivity index (χ4v) is 2.87. The van der Waals surface area contributed by atoms with Crippen molar-refractivity contribution in [2.45, 2.75) is 19.9 Å². The maximum absolute atomic E-state index is 6.07. The van der Waals surface area contributed by atoms with E-state index in [1.807, 2.05) is 36.4 Å². The Morgan fingerprint density at radius 2 is 2.05 bits per heavy atom. The minimum Gasteiger partial charge on any atom is -0.398 e. The molecule has 0 aliphatic rings. The van der Waals surface area contributed by atoms with Gasteiger partial charge in [-0.2, -0.15) is 0 Å². The molecule has 0 saturated carbocycles. The van der Waals surface area contributed by atoms with Crippen molar-refractivity contribution >= 4 is 44.3 Å². The van der Waals surface area contributed by atoms with Crippen molar-refractivity contribution in [2.75, 3.05) is 5.73 Å². The number of halogens is 2. The van der Waals surface area contributed by atoms with Crippen LogP contribution in [0.1, 0.15) is 13.3 Å². The number of fused-ring (bicyclic) bond motifs is 1. The smallest absolute Gasteiger partial charge is 0.141 e. The van der Waals surface area contributed by atoms with Gasteiger partial charge >= 0.3 is 0 Å². The van der Waals surface area contributed by atoms with Crippen LogP contribution in [0.4, 0.5) is 5.69 Å². The van der Waals surface area contributed by atoms with E-state index in [0.717, 1.165) is 39.9 Å². The van der Waals surface area contributed by atoms with Crippen LogP contribution in [-0.2, 0) is 6.54 Å². The van der Waals surface area contributed by atoms with E-state index in [1.54, 1.807) is 0 Å². The maximum atomic E-state index is 6.07. The molecule has 5 heteroatoms. The van der Waals surface area contributed by atoms with Crippen molar-refractivity contribution < 1.29 is 0 Å².